The zero-order valence-corrected chi connectivity index (χ0v) is 15.0. The summed E-state index contributed by atoms with van der Waals surface area (Å²) in [5, 5.41) is 8.96. The molecule has 3 rings (SSSR count). The second-order valence-corrected chi connectivity index (χ2v) is 6.77. The molecule has 0 spiro atoms. The largest absolute Gasteiger partial charge is 0.478 e. The molecule has 1 saturated heterocycles. The fourth-order valence-corrected chi connectivity index (χ4v) is 3.39. The molecule has 1 N–H and O–H groups in total. The van der Waals surface area contributed by atoms with Crippen LogP contribution < -0.4 is 0 Å². The van der Waals surface area contributed by atoms with E-state index in [1.165, 1.54) is 16.7 Å². The van der Waals surface area contributed by atoms with E-state index in [9.17, 15) is 26.7 Å². The number of nitrogens with zero attached hydrogens (tertiary/aromatic N) is 3. The minimum atomic E-state index is -4.56. The van der Waals surface area contributed by atoms with Crippen LogP contribution in [0.1, 0.15) is 34.1 Å². The van der Waals surface area contributed by atoms with Gasteiger partial charge in [-0.2, -0.15) is 22.0 Å². The number of alkyl halides is 5. The van der Waals surface area contributed by atoms with E-state index in [1.54, 1.807) is 12.1 Å². The normalized spacial score (nSPS) is 20.5. The Morgan fingerprint density at radius 3 is 2.52 bits per heavy atom. The molecule has 0 aliphatic carbocycles. The monoisotopic (exact) mass is 419 g/mol. The summed E-state index contributed by atoms with van der Waals surface area (Å²) in [6, 6.07) is 5.26. The molecule has 2 atom stereocenters. The molecule has 1 aliphatic heterocycles. The van der Waals surface area contributed by atoms with Crippen molar-refractivity contribution in [2.75, 3.05) is 13.2 Å². The third-order valence-electron chi connectivity index (χ3n) is 4.82. The van der Waals surface area contributed by atoms with Gasteiger partial charge >= 0.3 is 18.8 Å². The molecule has 11 heteroatoms. The Hall–Kier alpha value is -2.53. The number of hydrogen-bond acceptors (Lipinski definition) is 4. The zero-order valence-electron chi connectivity index (χ0n) is 15.0. The maximum Gasteiger partial charge on any atom is 0.434 e. The maximum absolute atomic E-state index is 12.8. The lowest BCUT2D eigenvalue weighted by molar-refractivity contribution is -0.141. The van der Waals surface area contributed by atoms with Crippen LogP contribution in [0.15, 0.2) is 36.8 Å². The fraction of sp³-hybridized carbons (Fsp3) is 0.444. The number of hydrogen-bond donors (Lipinski definition) is 1. The highest BCUT2D eigenvalue weighted by molar-refractivity contribution is 5.87. The van der Waals surface area contributed by atoms with Gasteiger partial charge < -0.3 is 14.4 Å². The van der Waals surface area contributed by atoms with Gasteiger partial charge in [0, 0.05) is 31.4 Å². The Bertz CT molecular complexity index is 838. The number of aromatic carboxylic acids is 1. The molecule has 1 aliphatic rings. The molecule has 2 aromatic rings. The van der Waals surface area contributed by atoms with Crippen molar-refractivity contribution in [3.63, 3.8) is 0 Å². The summed E-state index contributed by atoms with van der Waals surface area (Å²) in [7, 11) is 0. The van der Waals surface area contributed by atoms with Gasteiger partial charge in [0.2, 0.25) is 0 Å². The smallest absolute Gasteiger partial charge is 0.434 e. The standard InChI is InChI=1S/C18H18F5N3O3/c19-17(20)29-9-14-5-13(26-8-15(24-10-26)18(21,22)23)7-25(14)6-11-1-3-12(4-2-11)16(27)28/h1-4,8,10,13-14,17H,5-7,9H2,(H,27,28)/t13-,14-/m0/s1. The topological polar surface area (TPSA) is 67.6 Å². The molecule has 0 saturated carbocycles. The van der Waals surface area contributed by atoms with Gasteiger partial charge in [-0.3, -0.25) is 4.90 Å². The summed E-state index contributed by atoms with van der Waals surface area (Å²) in [4.78, 5) is 16.2. The van der Waals surface area contributed by atoms with Crippen molar-refractivity contribution in [3.05, 3.63) is 53.6 Å². The number of imidazole rings is 1. The van der Waals surface area contributed by atoms with Gasteiger partial charge in [0.1, 0.15) is 0 Å². The first-order valence-electron chi connectivity index (χ1n) is 8.70. The van der Waals surface area contributed by atoms with Gasteiger partial charge in [0.05, 0.1) is 18.5 Å². The van der Waals surface area contributed by atoms with E-state index >= 15 is 0 Å². The molecule has 2 heterocycles. The van der Waals surface area contributed by atoms with Gasteiger partial charge in [-0.1, -0.05) is 12.1 Å². The Labute approximate surface area is 162 Å². The Kier molecular flexibility index (Phi) is 6.18. The first kappa shape index (κ1) is 21.2. The number of ether oxygens (including phenoxy) is 1. The SMILES string of the molecule is O=C(O)c1ccc(CN2C[C@@H](n3cnc(C(F)(F)F)c3)C[C@H]2COC(F)F)cc1. The number of benzene rings is 1. The summed E-state index contributed by atoms with van der Waals surface area (Å²) in [5.41, 5.74) is -0.149. The van der Waals surface area contributed by atoms with Crippen molar-refractivity contribution in [2.24, 2.45) is 0 Å². The van der Waals surface area contributed by atoms with Crippen molar-refractivity contribution in [3.8, 4) is 0 Å². The Balaban J connectivity index is 1.74. The van der Waals surface area contributed by atoms with E-state index in [0.29, 0.717) is 19.5 Å². The number of likely N-dealkylation sites (tertiary alicyclic amines) is 1. The van der Waals surface area contributed by atoms with E-state index in [2.05, 4.69) is 9.72 Å². The van der Waals surface area contributed by atoms with Crippen LogP contribution in [0.5, 0.6) is 0 Å². The average Bonchev–Trinajstić information content (AvgIpc) is 3.27. The first-order chi connectivity index (χ1) is 13.6. The van der Waals surface area contributed by atoms with Gasteiger partial charge in [-0.15, -0.1) is 0 Å². The summed E-state index contributed by atoms with van der Waals surface area (Å²) in [6.07, 6.45) is -2.26. The van der Waals surface area contributed by atoms with Crippen LogP contribution in [0.2, 0.25) is 0 Å². The highest BCUT2D eigenvalue weighted by atomic mass is 19.4. The van der Waals surface area contributed by atoms with Gasteiger partial charge in [-0.25, -0.2) is 9.78 Å². The Morgan fingerprint density at radius 1 is 1.28 bits per heavy atom. The van der Waals surface area contributed by atoms with Crippen molar-refractivity contribution < 1.29 is 36.6 Å². The van der Waals surface area contributed by atoms with E-state index < -0.39 is 30.5 Å². The molecule has 6 nitrogen and oxygen atoms in total. The molecule has 1 aromatic carbocycles. The minimum absolute atomic E-state index is 0.115. The number of carboxylic acid groups (broad SMARTS) is 1. The quantitative estimate of drug-likeness (QED) is 0.694. The lowest BCUT2D eigenvalue weighted by Gasteiger charge is -2.24. The predicted molar refractivity (Wildman–Crippen MR) is 90.4 cm³/mol. The number of rotatable bonds is 7. The highest BCUT2D eigenvalue weighted by Gasteiger charge is 2.37. The summed E-state index contributed by atoms with van der Waals surface area (Å²) in [6.45, 7) is -2.60. The highest BCUT2D eigenvalue weighted by Crippen LogP contribution is 2.32. The van der Waals surface area contributed by atoms with E-state index in [1.807, 2.05) is 4.90 Å². The summed E-state index contributed by atoms with van der Waals surface area (Å²) >= 11 is 0. The van der Waals surface area contributed by atoms with Crippen molar-refractivity contribution >= 4 is 5.97 Å². The fourth-order valence-electron chi connectivity index (χ4n) is 3.39. The summed E-state index contributed by atoms with van der Waals surface area (Å²) in [5.74, 6) is -1.07. The zero-order chi connectivity index (χ0) is 21.2. The third-order valence-corrected chi connectivity index (χ3v) is 4.82. The Morgan fingerprint density at radius 2 is 1.97 bits per heavy atom. The molecular weight excluding hydrogens is 401 g/mol. The molecule has 0 radical (unpaired) electrons. The van der Waals surface area contributed by atoms with Crippen molar-refractivity contribution in [1.29, 1.82) is 0 Å². The van der Waals surface area contributed by atoms with Crippen LogP contribution in [0.3, 0.4) is 0 Å². The number of carboxylic acids is 1. The lowest BCUT2D eigenvalue weighted by Crippen LogP contribution is -2.33. The van der Waals surface area contributed by atoms with Crippen LogP contribution in [0, 0.1) is 0 Å². The number of carbonyl (C=O) groups is 1. The van der Waals surface area contributed by atoms with Crippen LogP contribution >= 0.6 is 0 Å². The van der Waals surface area contributed by atoms with E-state index in [0.717, 1.165) is 18.1 Å². The predicted octanol–water partition coefficient (Wildman–Crippen LogP) is 3.65. The first-order valence-corrected chi connectivity index (χ1v) is 8.70. The van der Waals surface area contributed by atoms with Crippen LogP contribution in [-0.4, -0.2) is 51.3 Å². The summed E-state index contributed by atoms with van der Waals surface area (Å²) < 4.78 is 69.1. The second-order valence-electron chi connectivity index (χ2n) is 6.77. The minimum Gasteiger partial charge on any atom is -0.478 e. The van der Waals surface area contributed by atoms with Gasteiger partial charge in [0.15, 0.2) is 5.69 Å². The molecule has 0 unspecified atom stereocenters. The molecule has 0 amide bonds. The van der Waals surface area contributed by atoms with Crippen molar-refractivity contribution in [1.82, 2.24) is 14.5 Å². The van der Waals surface area contributed by atoms with Crippen LogP contribution in [-0.2, 0) is 17.5 Å². The molecule has 158 valence electrons. The van der Waals surface area contributed by atoms with Gasteiger partial charge in [0.25, 0.3) is 0 Å². The van der Waals surface area contributed by atoms with Crippen molar-refractivity contribution in [2.45, 2.75) is 37.8 Å². The van der Waals surface area contributed by atoms with Gasteiger partial charge in [-0.05, 0) is 24.1 Å². The molecule has 1 fully saturated rings. The molecule has 1 aromatic heterocycles. The molecular formula is C18H18F5N3O3. The second kappa shape index (κ2) is 8.46. The maximum atomic E-state index is 12.8. The third kappa shape index (κ3) is 5.30. The number of halogens is 5. The molecule has 0 bridgehead atoms. The lowest BCUT2D eigenvalue weighted by atomic mass is 10.1. The number of aromatic nitrogens is 2. The van der Waals surface area contributed by atoms with E-state index in [-0.39, 0.29) is 18.2 Å². The molecule has 29 heavy (non-hydrogen) atoms. The van der Waals surface area contributed by atoms with E-state index in [4.69, 9.17) is 5.11 Å². The van der Waals surface area contributed by atoms with Crippen LogP contribution in [0.25, 0.3) is 0 Å². The average molecular weight is 419 g/mol. The van der Waals surface area contributed by atoms with Crippen LogP contribution in [0.4, 0.5) is 22.0 Å².